The number of furan rings is 1. The van der Waals surface area contributed by atoms with Gasteiger partial charge in [-0.3, -0.25) is 4.99 Å². The van der Waals surface area contributed by atoms with Crippen LogP contribution in [0.4, 0.5) is 0 Å². The number of nitrogens with zero attached hydrogens (tertiary/aromatic N) is 1. The average molecular weight is 285 g/mol. The summed E-state index contributed by atoms with van der Waals surface area (Å²) in [5.74, 6) is 2.10. The van der Waals surface area contributed by atoms with Gasteiger partial charge >= 0.3 is 0 Å². The summed E-state index contributed by atoms with van der Waals surface area (Å²) in [6.07, 6.45) is 1.67. The lowest BCUT2D eigenvalue weighted by molar-refractivity contribution is 0.501. The third kappa shape index (κ3) is 4.67. The van der Waals surface area contributed by atoms with Crippen LogP contribution in [-0.4, -0.2) is 19.6 Å². The van der Waals surface area contributed by atoms with E-state index in [1.54, 1.807) is 13.3 Å². The minimum Gasteiger partial charge on any atom is -0.467 e. The van der Waals surface area contributed by atoms with E-state index in [0.717, 1.165) is 18.3 Å². The number of aliphatic imine (C=N–C) groups is 1. The van der Waals surface area contributed by atoms with Crippen LogP contribution in [0.15, 0.2) is 52.1 Å². The van der Waals surface area contributed by atoms with E-state index >= 15 is 0 Å². The van der Waals surface area contributed by atoms with Crippen LogP contribution < -0.4 is 10.6 Å². The molecule has 1 aromatic heterocycles. The van der Waals surface area contributed by atoms with Crippen LogP contribution in [0.3, 0.4) is 0 Å². The highest BCUT2D eigenvalue weighted by atomic mass is 16.3. The highest BCUT2D eigenvalue weighted by molar-refractivity contribution is 5.79. The highest BCUT2D eigenvalue weighted by Gasteiger charge is 2.07. The van der Waals surface area contributed by atoms with Gasteiger partial charge in [-0.1, -0.05) is 36.8 Å². The maximum absolute atomic E-state index is 5.29. The lowest BCUT2D eigenvalue weighted by Crippen LogP contribution is -2.38. The van der Waals surface area contributed by atoms with E-state index in [9.17, 15) is 0 Å². The summed E-state index contributed by atoms with van der Waals surface area (Å²) in [6.45, 7) is 5.79. The van der Waals surface area contributed by atoms with Crippen LogP contribution in [0, 0.1) is 6.92 Å². The molecule has 0 amide bonds. The maximum atomic E-state index is 5.29. The molecule has 2 rings (SSSR count). The van der Waals surface area contributed by atoms with Crippen LogP contribution >= 0.6 is 0 Å². The molecule has 0 saturated heterocycles. The molecule has 2 N–H and O–H groups in total. The molecule has 0 fully saturated rings. The van der Waals surface area contributed by atoms with Gasteiger partial charge in [0.2, 0.25) is 0 Å². The molecular formula is C17H23N3O. The summed E-state index contributed by atoms with van der Waals surface area (Å²) in [6, 6.07) is 12.4. The van der Waals surface area contributed by atoms with E-state index in [-0.39, 0.29) is 0 Å². The molecule has 0 aliphatic heterocycles. The van der Waals surface area contributed by atoms with Crippen molar-refractivity contribution in [2.75, 3.05) is 13.6 Å². The van der Waals surface area contributed by atoms with Crippen molar-refractivity contribution in [3.63, 3.8) is 0 Å². The van der Waals surface area contributed by atoms with E-state index in [1.165, 1.54) is 11.1 Å². The normalized spacial score (nSPS) is 13.0. The van der Waals surface area contributed by atoms with Gasteiger partial charge in [0, 0.05) is 13.6 Å². The van der Waals surface area contributed by atoms with Crippen molar-refractivity contribution >= 4 is 5.96 Å². The van der Waals surface area contributed by atoms with Gasteiger partial charge < -0.3 is 15.1 Å². The predicted octanol–water partition coefficient (Wildman–Crippen LogP) is 3.06. The van der Waals surface area contributed by atoms with Crippen molar-refractivity contribution in [2.24, 2.45) is 4.99 Å². The van der Waals surface area contributed by atoms with Crippen LogP contribution in [-0.2, 0) is 6.54 Å². The fourth-order valence-electron chi connectivity index (χ4n) is 2.15. The van der Waals surface area contributed by atoms with Crippen molar-refractivity contribution in [3.8, 4) is 0 Å². The molecule has 1 unspecified atom stereocenters. The predicted molar refractivity (Wildman–Crippen MR) is 86.5 cm³/mol. The number of nitrogens with one attached hydrogen (secondary N) is 2. The van der Waals surface area contributed by atoms with Crippen molar-refractivity contribution in [1.82, 2.24) is 10.6 Å². The third-order valence-corrected chi connectivity index (χ3v) is 3.42. The first-order valence-electron chi connectivity index (χ1n) is 7.22. The van der Waals surface area contributed by atoms with Gasteiger partial charge in [-0.2, -0.15) is 0 Å². The lowest BCUT2D eigenvalue weighted by Gasteiger charge is -2.16. The van der Waals surface area contributed by atoms with E-state index in [1.807, 2.05) is 12.1 Å². The van der Waals surface area contributed by atoms with Crippen molar-refractivity contribution in [1.29, 1.82) is 0 Å². The van der Waals surface area contributed by atoms with Gasteiger partial charge in [-0.25, -0.2) is 0 Å². The quantitative estimate of drug-likeness (QED) is 0.656. The largest absolute Gasteiger partial charge is 0.467 e. The monoisotopic (exact) mass is 285 g/mol. The summed E-state index contributed by atoms with van der Waals surface area (Å²) < 4.78 is 5.29. The Labute approximate surface area is 126 Å². The molecule has 2 aromatic rings. The van der Waals surface area contributed by atoms with Gasteiger partial charge in [0.05, 0.1) is 12.8 Å². The maximum Gasteiger partial charge on any atom is 0.191 e. The van der Waals surface area contributed by atoms with E-state index in [2.05, 4.69) is 53.7 Å². The molecule has 112 valence electrons. The molecule has 4 heteroatoms. The second-order valence-electron chi connectivity index (χ2n) is 5.20. The standard InChI is InChI=1S/C17H23N3O/c1-13-6-4-7-15(10-13)14(2)11-19-17(18-3)20-12-16-8-5-9-21-16/h4-10,14H,11-12H2,1-3H3,(H2,18,19,20). The molecule has 0 aliphatic rings. The second-order valence-corrected chi connectivity index (χ2v) is 5.20. The molecule has 0 saturated carbocycles. The summed E-state index contributed by atoms with van der Waals surface area (Å²) in [5.41, 5.74) is 2.63. The van der Waals surface area contributed by atoms with Crippen LogP contribution in [0.5, 0.6) is 0 Å². The molecule has 0 bridgehead atoms. The molecule has 0 spiro atoms. The highest BCUT2D eigenvalue weighted by Crippen LogP contribution is 2.15. The van der Waals surface area contributed by atoms with Gasteiger partial charge in [-0.05, 0) is 30.5 Å². The number of rotatable bonds is 5. The van der Waals surface area contributed by atoms with Gasteiger partial charge in [-0.15, -0.1) is 0 Å². The molecule has 0 aliphatic carbocycles. The zero-order valence-electron chi connectivity index (χ0n) is 12.9. The number of benzene rings is 1. The smallest absolute Gasteiger partial charge is 0.191 e. The molecule has 1 aromatic carbocycles. The van der Waals surface area contributed by atoms with Gasteiger partial charge in [0.15, 0.2) is 5.96 Å². The average Bonchev–Trinajstić information content (AvgIpc) is 3.00. The molecule has 1 atom stereocenters. The SMILES string of the molecule is CN=C(NCc1ccco1)NCC(C)c1cccc(C)c1. The Balaban J connectivity index is 1.82. The summed E-state index contributed by atoms with van der Waals surface area (Å²) in [4.78, 5) is 4.22. The molecular weight excluding hydrogens is 262 g/mol. The fraction of sp³-hybridized carbons (Fsp3) is 0.353. The minimum atomic E-state index is 0.423. The Morgan fingerprint density at radius 3 is 2.76 bits per heavy atom. The summed E-state index contributed by atoms with van der Waals surface area (Å²) in [5, 5.41) is 6.58. The Morgan fingerprint density at radius 1 is 1.24 bits per heavy atom. The molecule has 21 heavy (non-hydrogen) atoms. The van der Waals surface area contributed by atoms with Crippen molar-refractivity contribution in [2.45, 2.75) is 26.3 Å². The second kappa shape index (κ2) is 7.53. The van der Waals surface area contributed by atoms with Crippen LogP contribution in [0.2, 0.25) is 0 Å². The Hall–Kier alpha value is -2.23. The number of hydrogen-bond donors (Lipinski definition) is 2. The number of aryl methyl sites for hydroxylation is 1. The molecule has 1 heterocycles. The van der Waals surface area contributed by atoms with E-state index < -0.39 is 0 Å². The minimum absolute atomic E-state index is 0.423. The number of guanidine groups is 1. The first-order valence-corrected chi connectivity index (χ1v) is 7.22. The van der Waals surface area contributed by atoms with E-state index in [4.69, 9.17) is 4.42 Å². The Morgan fingerprint density at radius 2 is 2.10 bits per heavy atom. The topological polar surface area (TPSA) is 49.6 Å². The van der Waals surface area contributed by atoms with Crippen molar-refractivity contribution in [3.05, 3.63) is 59.5 Å². The zero-order valence-corrected chi connectivity index (χ0v) is 12.9. The Bertz CT molecular complexity index is 575. The lowest BCUT2D eigenvalue weighted by atomic mass is 9.99. The van der Waals surface area contributed by atoms with Gasteiger partial charge in [0.25, 0.3) is 0 Å². The third-order valence-electron chi connectivity index (χ3n) is 3.42. The summed E-state index contributed by atoms with van der Waals surface area (Å²) >= 11 is 0. The zero-order chi connectivity index (χ0) is 15.1. The fourth-order valence-corrected chi connectivity index (χ4v) is 2.15. The molecule has 4 nitrogen and oxygen atoms in total. The molecule has 0 radical (unpaired) electrons. The van der Waals surface area contributed by atoms with E-state index in [0.29, 0.717) is 12.5 Å². The van der Waals surface area contributed by atoms with Crippen LogP contribution in [0.1, 0.15) is 29.7 Å². The van der Waals surface area contributed by atoms with Gasteiger partial charge in [0.1, 0.15) is 5.76 Å². The summed E-state index contributed by atoms with van der Waals surface area (Å²) in [7, 11) is 1.77. The number of hydrogen-bond acceptors (Lipinski definition) is 2. The van der Waals surface area contributed by atoms with Crippen molar-refractivity contribution < 1.29 is 4.42 Å². The van der Waals surface area contributed by atoms with Crippen LogP contribution in [0.25, 0.3) is 0 Å². The first-order chi connectivity index (χ1) is 10.2. The Kier molecular flexibility index (Phi) is 5.43. The first kappa shape index (κ1) is 15.2.